The van der Waals surface area contributed by atoms with E-state index in [1.54, 1.807) is 6.08 Å². The maximum absolute atomic E-state index is 12.0. The van der Waals surface area contributed by atoms with Crippen LogP contribution in [-0.4, -0.2) is 16.1 Å². The molecule has 2 amide bonds. The first-order chi connectivity index (χ1) is 16.4. The average molecular weight is 471 g/mol. The molecule has 172 valence electrons. The molecular formula is C28H26N2O3S. The van der Waals surface area contributed by atoms with Crippen molar-refractivity contribution >= 4 is 40.1 Å². The second kappa shape index (κ2) is 7.32. The lowest BCUT2D eigenvalue weighted by atomic mass is 9.48. The minimum Gasteiger partial charge on any atom is -0.441 e. The van der Waals surface area contributed by atoms with Crippen molar-refractivity contribution in [2.24, 2.45) is 17.8 Å². The fourth-order valence-corrected chi connectivity index (χ4v) is 8.21. The summed E-state index contributed by atoms with van der Waals surface area (Å²) in [5, 5.41) is 2.00. The zero-order chi connectivity index (χ0) is 23.0. The Morgan fingerprint density at radius 1 is 1.03 bits per heavy atom. The topological polar surface area (TPSA) is 72.2 Å². The number of carbonyl (C=O) groups is 2. The molecular weight excluding hydrogens is 444 g/mol. The Bertz CT molecular complexity index is 1370. The number of rotatable bonds is 3. The van der Waals surface area contributed by atoms with Crippen LogP contribution in [0.4, 0.5) is 4.79 Å². The summed E-state index contributed by atoms with van der Waals surface area (Å²) in [6.07, 6.45) is 9.80. The molecule has 2 heterocycles. The zero-order valence-electron chi connectivity index (χ0n) is 19.1. The van der Waals surface area contributed by atoms with Crippen molar-refractivity contribution in [2.75, 3.05) is 0 Å². The molecule has 4 bridgehead atoms. The Morgan fingerprint density at radius 3 is 2.44 bits per heavy atom. The number of aromatic nitrogens is 1. The van der Waals surface area contributed by atoms with Gasteiger partial charge in [0.25, 0.3) is 11.1 Å². The summed E-state index contributed by atoms with van der Waals surface area (Å²) < 4.78 is 6.21. The maximum atomic E-state index is 12.0. The summed E-state index contributed by atoms with van der Waals surface area (Å²) in [5.74, 6) is 2.93. The van der Waals surface area contributed by atoms with E-state index >= 15 is 0 Å². The van der Waals surface area contributed by atoms with Crippen LogP contribution in [0.15, 0.2) is 45.7 Å². The van der Waals surface area contributed by atoms with Crippen LogP contribution in [0.25, 0.3) is 28.3 Å². The molecule has 2 aromatic carbocycles. The Morgan fingerprint density at radius 2 is 1.76 bits per heavy atom. The van der Waals surface area contributed by atoms with E-state index < -0.39 is 0 Å². The molecule has 0 atom stereocenters. The van der Waals surface area contributed by atoms with Crippen LogP contribution in [0.2, 0.25) is 0 Å². The third kappa shape index (κ3) is 3.26. The second-order valence-electron chi connectivity index (χ2n) is 10.8. The molecule has 0 unspecified atom stereocenters. The lowest BCUT2D eigenvalue weighted by Gasteiger charge is -2.57. The number of nitrogens with zero attached hydrogens (tertiary/aromatic N) is 1. The van der Waals surface area contributed by atoms with Gasteiger partial charge in [0, 0.05) is 12.5 Å². The number of amides is 2. The number of hydrogen-bond acceptors (Lipinski definition) is 5. The van der Waals surface area contributed by atoms with E-state index in [-0.39, 0.29) is 16.6 Å². The SMILES string of the molecule is Cc1nc2cc(-c3cccc(/C=C4/SC(=O)NC4=O)c3)cc(C34CC5CC(CC(C5)C3)C4)c2o1. The predicted octanol–water partition coefficient (Wildman–Crippen LogP) is 6.59. The Kier molecular flexibility index (Phi) is 4.41. The summed E-state index contributed by atoms with van der Waals surface area (Å²) in [7, 11) is 0. The molecule has 1 aliphatic heterocycles. The molecule has 5 nitrogen and oxygen atoms in total. The van der Waals surface area contributed by atoms with Crippen LogP contribution in [0, 0.1) is 24.7 Å². The maximum Gasteiger partial charge on any atom is 0.290 e. The van der Waals surface area contributed by atoms with Gasteiger partial charge in [0.15, 0.2) is 11.5 Å². The minimum atomic E-state index is -0.330. The number of hydrogen-bond donors (Lipinski definition) is 1. The third-order valence-electron chi connectivity index (χ3n) is 8.37. The van der Waals surface area contributed by atoms with E-state index in [0.717, 1.165) is 57.3 Å². The monoisotopic (exact) mass is 470 g/mol. The zero-order valence-corrected chi connectivity index (χ0v) is 19.9. The minimum absolute atomic E-state index is 0.202. The van der Waals surface area contributed by atoms with Crippen molar-refractivity contribution in [3.63, 3.8) is 0 Å². The van der Waals surface area contributed by atoms with Crippen molar-refractivity contribution in [3.8, 4) is 11.1 Å². The molecule has 3 aromatic rings. The molecule has 8 rings (SSSR count). The van der Waals surface area contributed by atoms with Crippen molar-refractivity contribution in [1.29, 1.82) is 0 Å². The van der Waals surface area contributed by atoms with Crippen LogP contribution < -0.4 is 5.32 Å². The lowest BCUT2D eigenvalue weighted by molar-refractivity contribution is -0.115. The highest BCUT2D eigenvalue weighted by molar-refractivity contribution is 8.18. The molecule has 4 saturated carbocycles. The number of benzene rings is 2. The number of fused-ring (bicyclic) bond motifs is 1. The van der Waals surface area contributed by atoms with Crippen molar-refractivity contribution < 1.29 is 14.0 Å². The Labute approximate surface area is 202 Å². The van der Waals surface area contributed by atoms with Crippen LogP contribution >= 0.6 is 11.8 Å². The first kappa shape index (κ1) is 20.5. The van der Waals surface area contributed by atoms with Gasteiger partial charge in [-0.15, -0.1) is 0 Å². The van der Waals surface area contributed by atoms with Crippen LogP contribution in [0.3, 0.4) is 0 Å². The number of imide groups is 1. The summed E-state index contributed by atoms with van der Waals surface area (Å²) >= 11 is 0.948. The van der Waals surface area contributed by atoms with Gasteiger partial charge in [0.1, 0.15) is 5.52 Å². The van der Waals surface area contributed by atoms with Gasteiger partial charge in [0.05, 0.1) is 4.91 Å². The van der Waals surface area contributed by atoms with E-state index in [0.29, 0.717) is 10.8 Å². The van der Waals surface area contributed by atoms with Gasteiger partial charge < -0.3 is 4.42 Å². The Hall–Kier alpha value is -2.86. The summed E-state index contributed by atoms with van der Waals surface area (Å²) in [6, 6.07) is 12.6. The first-order valence-electron chi connectivity index (χ1n) is 12.2. The van der Waals surface area contributed by atoms with E-state index in [9.17, 15) is 9.59 Å². The number of aryl methyl sites for hydroxylation is 1. The van der Waals surface area contributed by atoms with Gasteiger partial charge in [-0.1, -0.05) is 18.2 Å². The van der Waals surface area contributed by atoms with Gasteiger partial charge in [-0.2, -0.15) is 0 Å². The normalized spacial score (nSPS) is 31.1. The second-order valence-corrected chi connectivity index (χ2v) is 11.8. The smallest absolute Gasteiger partial charge is 0.290 e. The first-order valence-corrected chi connectivity index (χ1v) is 13.0. The molecule has 0 radical (unpaired) electrons. The lowest BCUT2D eigenvalue weighted by Crippen LogP contribution is -2.48. The molecule has 5 fully saturated rings. The number of nitrogens with one attached hydrogen (secondary N) is 1. The highest BCUT2D eigenvalue weighted by Gasteiger charge is 2.52. The number of carbonyl (C=O) groups excluding carboxylic acids is 2. The van der Waals surface area contributed by atoms with Crippen molar-refractivity contribution in [3.05, 3.63) is 58.3 Å². The van der Waals surface area contributed by atoms with Crippen LogP contribution in [0.5, 0.6) is 0 Å². The van der Waals surface area contributed by atoms with Gasteiger partial charge >= 0.3 is 0 Å². The Balaban J connectivity index is 1.34. The largest absolute Gasteiger partial charge is 0.441 e. The van der Waals surface area contributed by atoms with Gasteiger partial charge in [-0.05, 0) is 114 Å². The summed E-state index contributed by atoms with van der Waals surface area (Å²) in [6.45, 7) is 1.93. The number of thioether (sulfide) groups is 1. The summed E-state index contributed by atoms with van der Waals surface area (Å²) in [5.41, 5.74) is 6.56. The fourth-order valence-electron chi connectivity index (χ4n) is 7.53. The molecule has 5 aliphatic rings. The van der Waals surface area contributed by atoms with Gasteiger partial charge in [0.2, 0.25) is 0 Å². The highest BCUT2D eigenvalue weighted by atomic mass is 32.2. The molecule has 4 aliphatic carbocycles. The molecule has 1 saturated heterocycles. The number of oxazole rings is 1. The highest BCUT2D eigenvalue weighted by Crippen LogP contribution is 2.61. The summed E-state index contributed by atoms with van der Waals surface area (Å²) in [4.78, 5) is 28.7. The van der Waals surface area contributed by atoms with Gasteiger partial charge in [-0.25, -0.2) is 4.98 Å². The quantitative estimate of drug-likeness (QED) is 0.437. The standard InChI is InChI=1S/C28H26N2O3S/c1-15-29-23-11-21(20-4-2-3-16(8-20)9-24-26(31)30-27(32)34-24)10-22(25(23)33-15)28-12-17-5-18(13-28)7-19(6-17)14-28/h2-4,8-11,17-19H,5-7,12-14H2,1H3,(H,30,31,32)/b24-9+. The molecule has 1 N–H and O–H groups in total. The predicted molar refractivity (Wildman–Crippen MR) is 133 cm³/mol. The molecule has 0 spiro atoms. The fraction of sp³-hybridized carbons (Fsp3) is 0.393. The molecule has 1 aromatic heterocycles. The molecule has 34 heavy (non-hydrogen) atoms. The van der Waals surface area contributed by atoms with E-state index in [1.807, 2.05) is 19.1 Å². The van der Waals surface area contributed by atoms with E-state index in [4.69, 9.17) is 9.40 Å². The van der Waals surface area contributed by atoms with Gasteiger partial charge in [-0.3, -0.25) is 14.9 Å². The third-order valence-corrected chi connectivity index (χ3v) is 9.18. The molecule has 6 heteroatoms. The van der Waals surface area contributed by atoms with Crippen LogP contribution in [0.1, 0.15) is 55.5 Å². The van der Waals surface area contributed by atoms with Crippen molar-refractivity contribution in [1.82, 2.24) is 10.3 Å². The van der Waals surface area contributed by atoms with E-state index in [1.165, 1.54) is 44.1 Å². The van der Waals surface area contributed by atoms with Crippen LogP contribution in [-0.2, 0) is 10.2 Å². The average Bonchev–Trinajstić information content (AvgIpc) is 3.32. The van der Waals surface area contributed by atoms with E-state index in [2.05, 4.69) is 29.6 Å². The van der Waals surface area contributed by atoms with Crippen molar-refractivity contribution in [2.45, 2.75) is 50.9 Å².